The summed E-state index contributed by atoms with van der Waals surface area (Å²) in [6, 6.07) is 13.0. The van der Waals surface area contributed by atoms with Gasteiger partial charge in [-0.15, -0.1) is 0 Å². The molecule has 0 spiro atoms. The third-order valence-electron chi connectivity index (χ3n) is 3.68. The number of imidazole rings is 1. The van der Waals surface area contributed by atoms with Crippen molar-refractivity contribution in [2.45, 2.75) is 19.9 Å². The first-order valence-corrected chi connectivity index (χ1v) is 7.45. The highest BCUT2D eigenvalue weighted by Crippen LogP contribution is 2.26. The average Bonchev–Trinajstić information content (AvgIpc) is 2.93. The van der Waals surface area contributed by atoms with Crippen LogP contribution in [0.4, 0.5) is 4.39 Å². The van der Waals surface area contributed by atoms with E-state index in [0.717, 1.165) is 0 Å². The smallest absolute Gasteiger partial charge is 0.217 e. The summed E-state index contributed by atoms with van der Waals surface area (Å²) in [4.78, 5) is 15.9. The quantitative estimate of drug-likeness (QED) is 0.805. The van der Waals surface area contributed by atoms with Crippen LogP contribution in [0.1, 0.15) is 31.3 Å². The summed E-state index contributed by atoms with van der Waals surface area (Å²) >= 11 is 0. The summed E-state index contributed by atoms with van der Waals surface area (Å²) in [7, 11) is 0. The van der Waals surface area contributed by atoms with Crippen molar-refractivity contribution in [2.24, 2.45) is 0 Å². The largest absolute Gasteiger partial charge is 0.347 e. The lowest BCUT2D eigenvalue weighted by Crippen LogP contribution is -2.26. The highest BCUT2D eigenvalue weighted by Gasteiger charge is 2.19. The van der Waals surface area contributed by atoms with E-state index in [4.69, 9.17) is 5.26 Å². The molecule has 24 heavy (non-hydrogen) atoms. The van der Waals surface area contributed by atoms with Crippen molar-refractivity contribution in [1.29, 1.82) is 5.26 Å². The number of amides is 1. The Bertz CT molecular complexity index is 971. The van der Waals surface area contributed by atoms with E-state index in [0.29, 0.717) is 28.1 Å². The highest BCUT2D eigenvalue weighted by molar-refractivity contribution is 5.79. The van der Waals surface area contributed by atoms with Crippen molar-refractivity contribution in [2.75, 3.05) is 0 Å². The number of halogens is 1. The number of aromatic nitrogens is 2. The normalized spacial score (nSPS) is 11.9. The van der Waals surface area contributed by atoms with Gasteiger partial charge in [0, 0.05) is 18.7 Å². The fraction of sp³-hybridized carbons (Fsp3) is 0.167. The summed E-state index contributed by atoms with van der Waals surface area (Å²) in [5.41, 5.74) is 2.38. The van der Waals surface area contributed by atoms with E-state index >= 15 is 0 Å². The molecule has 0 aliphatic rings. The molecule has 5 nitrogen and oxygen atoms in total. The molecule has 1 amide bonds. The van der Waals surface area contributed by atoms with Crippen LogP contribution in [0.3, 0.4) is 0 Å². The lowest BCUT2D eigenvalue weighted by molar-refractivity contribution is -0.119. The van der Waals surface area contributed by atoms with Gasteiger partial charge in [0.15, 0.2) is 0 Å². The Balaban J connectivity index is 2.27. The third kappa shape index (κ3) is 2.84. The van der Waals surface area contributed by atoms with Crippen molar-refractivity contribution < 1.29 is 9.18 Å². The van der Waals surface area contributed by atoms with E-state index in [1.165, 1.54) is 19.1 Å². The second-order valence-electron chi connectivity index (χ2n) is 5.52. The summed E-state index contributed by atoms with van der Waals surface area (Å²) in [5, 5.41) is 11.9. The fourth-order valence-corrected chi connectivity index (χ4v) is 2.71. The molecular formula is C18H15FN4O. The Morgan fingerprint density at radius 3 is 2.83 bits per heavy atom. The topological polar surface area (TPSA) is 70.7 Å². The molecule has 6 heteroatoms. The molecule has 0 saturated heterocycles. The van der Waals surface area contributed by atoms with Crippen molar-refractivity contribution in [3.05, 3.63) is 59.7 Å². The van der Waals surface area contributed by atoms with Crippen LogP contribution in [-0.2, 0) is 4.79 Å². The van der Waals surface area contributed by atoms with E-state index in [1.807, 2.05) is 13.0 Å². The molecule has 0 saturated carbocycles. The summed E-state index contributed by atoms with van der Waals surface area (Å²) in [5.74, 6) is 0.0118. The van der Waals surface area contributed by atoms with E-state index < -0.39 is 0 Å². The average molecular weight is 322 g/mol. The van der Waals surface area contributed by atoms with Crippen LogP contribution in [-0.4, -0.2) is 15.5 Å². The highest BCUT2D eigenvalue weighted by atomic mass is 19.1. The molecule has 3 rings (SSSR count). The van der Waals surface area contributed by atoms with Gasteiger partial charge in [0.05, 0.1) is 28.7 Å². The van der Waals surface area contributed by atoms with Gasteiger partial charge in [-0.25, -0.2) is 9.37 Å². The van der Waals surface area contributed by atoms with Gasteiger partial charge in [-0.2, -0.15) is 5.26 Å². The number of nitrogens with zero attached hydrogens (tertiary/aromatic N) is 3. The lowest BCUT2D eigenvalue weighted by Gasteiger charge is -2.15. The number of benzene rings is 2. The minimum atomic E-state index is -0.376. The van der Waals surface area contributed by atoms with Crippen LogP contribution in [0.25, 0.3) is 16.7 Å². The molecule has 2 aromatic carbocycles. The molecule has 0 fully saturated rings. The maximum atomic E-state index is 13.7. The number of hydrogen-bond acceptors (Lipinski definition) is 3. The van der Waals surface area contributed by atoms with Crippen LogP contribution in [0, 0.1) is 17.1 Å². The second kappa shape index (κ2) is 6.13. The third-order valence-corrected chi connectivity index (χ3v) is 3.68. The monoisotopic (exact) mass is 322 g/mol. The maximum Gasteiger partial charge on any atom is 0.217 e. The Kier molecular flexibility index (Phi) is 4.00. The zero-order valence-corrected chi connectivity index (χ0v) is 13.2. The Hall–Kier alpha value is -3.20. The van der Waals surface area contributed by atoms with Gasteiger partial charge in [0.25, 0.3) is 0 Å². The van der Waals surface area contributed by atoms with Crippen molar-refractivity contribution in [3.63, 3.8) is 0 Å². The predicted molar refractivity (Wildman–Crippen MR) is 88.0 cm³/mol. The molecule has 0 aliphatic carbocycles. The first-order chi connectivity index (χ1) is 11.5. The van der Waals surface area contributed by atoms with Crippen molar-refractivity contribution in [1.82, 2.24) is 14.9 Å². The van der Waals surface area contributed by atoms with Gasteiger partial charge in [0.2, 0.25) is 5.91 Å². The van der Waals surface area contributed by atoms with E-state index in [-0.39, 0.29) is 17.8 Å². The molecule has 1 N–H and O–H groups in total. The van der Waals surface area contributed by atoms with Gasteiger partial charge in [-0.3, -0.25) is 9.36 Å². The SMILES string of the molecule is CC(=O)NC(C)c1nc2ccc(F)cc2n1-c1cccc(C#N)c1. The molecular weight excluding hydrogens is 307 g/mol. The number of fused-ring (bicyclic) bond motifs is 1. The van der Waals surface area contributed by atoms with Crippen LogP contribution >= 0.6 is 0 Å². The Morgan fingerprint density at radius 2 is 2.12 bits per heavy atom. The molecule has 120 valence electrons. The van der Waals surface area contributed by atoms with Gasteiger partial charge in [0.1, 0.15) is 11.6 Å². The zero-order chi connectivity index (χ0) is 17.3. The number of hydrogen-bond donors (Lipinski definition) is 1. The van der Waals surface area contributed by atoms with E-state index in [9.17, 15) is 9.18 Å². The Morgan fingerprint density at radius 1 is 1.33 bits per heavy atom. The summed E-state index contributed by atoms with van der Waals surface area (Å²) in [6.07, 6.45) is 0. The van der Waals surface area contributed by atoms with Gasteiger partial charge < -0.3 is 5.32 Å². The Labute approximate surface area is 138 Å². The second-order valence-corrected chi connectivity index (χ2v) is 5.52. The molecule has 0 radical (unpaired) electrons. The molecule has 1 aromatic heterocycles. The summed E-state index contributed by atoms with van der Waals surface area (Å²) in [6.45, 7) is 3.24. The molecule has 3 aromatic rings. The number of carbonyl (C=O) groups excluding carboxylic acids is 1. The lowest BCUT2D eigenvalue weighted by atomic mass is 10.2. The summed E-state index contributed by atoms with van der Waals surface area (Å²) < 4.78 is 15.5. The standard InChI is InChI=1S/C18H15FN4O/c1-11(21-12(2)24)18-22-16-7-6-14(19)9-17(16)23(18)15-5-3-4-13(8-15)10-20/h3-9,11H,1-2H3,(H,21,24). The first-order valence-electron chi connectivity index (χ1n) is 7.45. The van der Waals surface area contributed by atoms with Crippen LogP contribution in [0.5, 0.6) is 0 Å². The van der Waals surface area contributed by atoms with Gasteiger partial charge >= 0.3 is 0 Å². The first kappa shape index (κ1) is 15.7. The van der Waals surface area contributed by atoms with Gasteiger partial charge in [-0.1, -0.05) is 6.07 Å². The molecule has 1 heterocycles. The number of nitrogens with one attached hydrogen (secondary N) is 1. The fourth-order valence-electron chi connectivity index (χ4n) is 2.71. The van der Waals surface area contributed by atoms with E-state index in [1.54, 1.807) is 28.8 Å². The minimum Gasteiger partial charge on any atom is -0.347 e. The van der Waals surface area contributed by atoms with Crippen LogP contribution < -0.4 is 5.32 Å². The molecule has 1 unspecified atom stereocenters. The van der Waals surface area contributed by atoms with Crippen molar-refractivity contribution >= 4 is 16.9 Å². The zero-order valence-electron chi connectivity index (χ0n) is 13.2. The van der Waals surface area contributed by atoms with E-state index in [2.05, 4.69) is 16.4 Å². The maximum absolute atomic E-state index is 13.7. The predicted octanol–water partition coefficient (Wildman–Crippen LogP) is 3.23. The number of nitriles is 1. The minimum absolute atomic E-state index is 0.182. The molecule has 0 aliphatic heterocycles. The molecule has 1 atom stereocenters. The molecule has 0 bridgehead atoms. The van der Waals surface area contributed by atoms with Crippen molar-refractivity contribution in [3.8, 4) is 11.8 Å². The number of carbonyl (C=O) groups is 1. The number of rotatable bonds is 3. The van der Waals surface area contributed by atoms with Crippen LogP contribution in [0.15, 0.2) is 42.5 Å². The van der Waals surface area contributed by atoms with Gasteiger partial charge in [-0.05, 0) is 37.3 Å². The van der Waals surface area contributed by atoms with Crippen LogP contribution in [0.2, 0.25) is 0 Å².